The lowest BCUT2D eigenvalue weighted by atomic mass is 10.1. The fourth-order valence-corrected chi connectivity index (χ4v) is 1.82. The molecule has 0 aromatic carbocycles. The van der Waals surface area contributed by atoms with E-state index in [9.17, 15) is 9.59 Å². The lowest BCUT2D eigenvalue weighted by molar-refractivity contribution is -0.136. The molecule has 1 aromatic rings. The van der Waals surface area contributed by atoms with Gasteiger partial charge in [0.25, 0.3) is 5.91 Å². The third-order valence-electron chi connectivity index (χ3n) is 2.83. The van der Waals surface area contributed by atoms with Crippen LogP contribution in [0.5, 0.6) is 0 Å². The second-order valence-electron chi connectivity index (χ2n) is 4.45. The molecule has 1 aromatic heterocycles. The molecule has 1 amide bonds. The van der Waals surface area contributed by atoms with Gasteiger partial charge < -0.3 is 14.4 Å². The molecule has 5 nitrogen and oxygen atoms in total. The largest absolute Gasteiger partial charge is 0.481 e. The van der Waals surface area contributed by atoms with E-state index in [2.05, 4.69) is 6.58 Å². The van der Waals surface area contributed by atoms with Crippen molar-refractivity contribution in [2.75, 3.05) is 13.6 Å². The van der Waals surface area contributed by atoms with Gasteiger partial charge in [-0.25, -0.2) is 0 Å². The monoisotopic (exact) mass is 265 g/mol. The van der Waals surface area contributed by atoms with Crippen LogP contribution >= 0.6 is 0 Å². The number of nitrogens with zero attached hydrogens (tertiary/aromatic N) is 1. The third kappa shape index (κ3) is 3.98. The summed E-state index contributed by atoms with van der Waals surface area (Å²) in [6.45, 7) is 5.96. The summed E-state index contributed by atoms with van der Waals surface area (Å²) in [7, 11) is 1.70. The Hall–Kier alpha value is -2.04. The minimum absolute atomic E-state index is 0.202. The number of allylic oxidation sites excluding steroid dienone is 1. The molecule has 0 saturated carbocycles. The number of hydrogen-bond acceptors (Lipinski definition) is 3. The van der Waals surface area contributed by atoms with Crippen LogP contribution in [-0.4, -0.2) is 35.5 Å². The number of hydrogen-bond donors (Lipinski definition) is 1. The van der Waals surface area contributed by atoms with Gasteiger partial charge in [-0.05, 0) is 19.8 Å². The molecular formula is C14H19NO4. The van der Waals surface area contributed by atoms with Crippen LogP contribution in [0.4, 0.5) is 0 Å². The van der Waals surface area contributed by atoms with Crippen LogP contribution < -0.4 is 0 Å². The average molecular weight is 265 g/mol. The summed E-state index contributed by atoms with van der Waals surface area (Å²) in [6.07, 6.45) is 4.61. The molecule has 0 radical (unpaired) electrons. The molecule has 0 aliphatic rings. The van der Waals surface area contributed by atoms with Crippen molar-refractivity contribution in [3.63, 3.8) is 0 Å². The first-order valence-corrected chi connectivity index (χ1v) is 6.12. The number of carbonyl (C=O) groups is 2. The van der Waals surface area contributed by atoms with E-state index in [0.29, 0.717) is 17.7 Å². The van der Waals surface area contributed by atoms with Gasteiger partial charge in [0.05, 0.1) is 11.8 Å². The lowest BCUT2D eigenvalue weighted by Crippen LogP contribution is -2.28. The van der Waals surface area contributed by atoms with Crippen LogP contribution in [0.3, 0.4) is 0 Å². The predicted octanol–water partition coefficient (Wildman–Crippen LogP) is 2.25. The van der Waals surface area contributed by atoms with Crippen molar-refractivity contribution in [2.45, 2.75) is 26.2 Å². The molecule has 104 valence electrons. The Kier molecular flexibility index (Phi) is 5.36. The zero-order valence-electron chi connectivity index (χ0n) is 11.3. The number of furan rings is 1. The summed E-state index contributed by atoms with van der Waals surface area (Å²) in [5.41, 5.74) is 1.03. The normalized spacial score (nSPS) is 10.2. The molecule has 1 heterocycles. The molecular weight excluding hydrogens is 246 g/mol. The first-order chi connectivity index (χ1) is 8.97. The zero-order chi connectivity index (χ0) is 14.4. The van der Waals surface area contributed by atoms with E-state index < -0.39 is 5.97 Å². The van der Waals surface area contributed by atoms with E-state index >= 15 is 0 Å². The van der Waals surface area contributed by atoms with Crippen LogP contribution in [-0.2, 0) is 11.2 Å². The fraction of sp³-hybridized carbons (Fsp3) is 0.429. The Labute approximate surface area is 112 Å². The van der Waals surface area contributed by atoms with Crippen LogP contribution in [0.15, 0.2) is 23.3 Å². The Morgan fingerprint density at radius 2 is 2.21 bits per heavy atom. The molecule has 5 heteroatoms. The fourth-order valence-electron chi connectivity index (χ4n) is 1.82. The number of carbonyl (C=O) groups excluding carboxylic acids is 1. The maximum Gasteiger partial charge on any atom is 0.311 e. The maximum atomic E-state index is 12.3. The Morgan fingerprint density at radius 3 is 2.79 bits per heavy atom. The van der Waals surface area contributed by atoms with E-state index in [1.165, 1.54) is 6.26 Å². The van der Waals surface area contributed by atoms with Gasteiger partial charge in [-0.3, -0.25) is 9.59 Å². The van der Waals surface area contributed by atoms with Crippen molar-refractivity contribution in [1.82, 2.24) is 4.90 Å². The molecule has 0 fully saturated rings. The second-order valence-corrected chi connectivity index (χ2v) is 4.45. The predicted molar refractivity (Wildman–Crippen MR) is 71.2 cm³/mol. The summed E-state index contributed by atoms with van der Waals surface area (Å²) in [5.74, 6) is -1.00. The van der Waals surface area contributed by atoms with E-state index in [0.717, 1.165) is 12.8 Å². The van der Waals surface area contributed by atoms with Gasteiger partial charge in [0.15, 0.2) is 0 Å². The molecule has 19 heavy (non-hydrogen) atoms. The Morgan fingerprint density at radius 1 is 1.53 bits per heavy atom. The summed E-state index contributed by atoms with van der Waals surface area (Å²) in [4.78, 5) is 24.6. The number of carboxylic acid groups (broad SMARTS) is 1. The second kappa shape index (κ2) is 6.78. The maximum absolute atomic E-state index is 12.3. The Balaban J connectivity index is 2.83. The topological polar surface area (TPSA) is 70.8 Å². The first-order valence-electron chi connectivity index (χ1n) is 6.12. The van der Waals surface area contributed by atoms with E-state index in [4.69, 9.17) is 9.52 Å². The van der Waals surface area contributed by atoms with Gasteiger partial charge in [-0.2, -0.15) is 0 Å². The van der Waals surface area contributed by atoms with Crippen LogP contribution in [0, 0.1) is 6.92 Å². The number of aliphatic carboxylic acids is 1. The van der Waals surface area contributed by atoms with Crippen molar-refractivity contribution >= 4 is 11.9 Å². The molecule has 0 aliphatic heterocycles. The Bertz CT molecular complexity index is 476. The molecule has 0 spiro atoms. The number of aryl methyl sites for hydroxylation is 1. The first kappa shape index (κ1) is 15.0. The average Bonchev–Trinajstić information content (AvgIpc) is 2.69. The van der Waals surface area contributed by atoms with Gasteiger partial charge in [0.2, 0.25) is 0 Å². The molecule has 1 N–H and O–H groups in total. The van der Waals surface area contributed by atoms with Crippen LogP contribution in [0.25, 0.3) is 0 Å². The summed E-state index contributed by atoms with van der Waals surface area (Å²) in [6, 6.07) is 0. The number of rotatable bonds is 7. The van der Waals surface area contributed by atoms with E-state index in [-0.39, 0.29) is 18.1 Å². The number of carboxylic acids is 1. The van der Waals surface area contributed by atoms with E-state index in [1.54, 1.807) is 24.9 Å². The van der Waals surface area contributed by atoms with Crippen LogP contribution in [0.1, 0.15) is 34.5 Å². The SMILES string of the molecule is C=CCCCN(C)C(=O)c1c(C)coc1CC(=O)O. The van der Waals surface area contributed by atoms with Crippen molar-refractivity contribution < 1.29 is 19.1 Å². The van der Waals surface area contributed by atoms with Gasteiger partial charge in [0.1, 0.15) is 12.2 Å². The zero-order valence-corrected chi connectivity index (χ0v) is 11.3. The van der Waals surface area contributed by atoms with Gasteiger partial charge in [0, 0.05) is 19.2 Å². The highest BCUT2D eigenvalue weighted by atomic mass is 16.4. The smallest absolute Gasteiger partial charge is 0.311 e. The highest BCUT2D eigenvalue weighted by molar-refractivity contribution is 5.97. The van der Waals surface area contributed by atoms with Gasteiger partial charge in [-0.1, -0.05) is 6.08 Å². The molecule has 0 saturated heterocycles. The van der Waals surface area contributed by atoms with Crippen LogP contribution in [0.2, 0.25) is 0 Å². The van der Waals surface area contributed by atoms with Crippen molar-refractivity contribution in [1.29, 1.82) is 0 Å². The molecule has 1 rings (SSSR count). The van der Waals surface area contributed by atoms with Crippen molar-refractivity contribution in [2.24, 2.45) is 0 Å². The minimum Gasteiger partial charge on any atom is -0.481 e. The minimum atomic E-state index is -1.02. The number of amides is 1. The third-order valence-corrected chi connectivity index (χ3v) is 2.83. The van der Waals surface area contributed by atoms with Crippen molar-refractivity contribution in [3.8, 4) is 0 Å². The van der Waals surface area contributed by atoms with Crippen molar-refractivity contribution in [3.05, 3.63) is 35.8 Å². The van der Waals surface area contributed by atoms with E-state index in [1.807, 2.05) is 0 Å². The summed E-state index contributed by atoms with van der Waals surface area (Å²) in [5, 5.41) is 8.80. The van der Waals surface area contributed by atoms with Gasteiger partial charge in [-0.15, -0.1) is 6.58 Å². The standard InChI is InChI=1S/C14H19NO4/c1-4-5-6-7-15(3)14(18)13-10(2)9-19-11(13)8-12(16)17/h4,9H,1,5-8H2,2-3H3,(H,16,17). The summed E-state index contributed by atoms with van der Waals surface area (Å²) < 4.78 is 5.16. The highest BCUT2D eigenvalue weighted by Gasteiger charge is 2.22. The number of unbranched alkanes of at least 4 members (excludes halogenated alkanes) is 1. The molecule has 0 bridgehead atoms. The molecule has 0 atom stereocenters. The highest BCUT2D eigenvalue weighted by Crippen LogP contribution is 2.19. The quantitative estimate of drug-likeness (QED) is 0.606. The summed E-state index contributed by atoms with van der Waals surface area (Å²) >= 11 is 0. The molecule has 0 unspecified atom stereocenters. The lowest BCUT2D eigenvalue weighted by Gasteiger charge is -2.17. The van der Waals surface area contributed by atoms with Gasteiger partial charge >= 0.3 is 5.97 Å². The molecule has 0 aliphatic carbocycles.